The Kier molecular flexibility index (Phi) is 4.66. The van der Waals surface area contributed by atoms with Crippen LogP contribution < -0.4 is 4.90 Å². The minimum Gasteiger partial charge on any atom is -0.380 e. The molecule has 1 unspecified atom stereocenters. The van der Waals surface area contributed by atoms with Crippen molar-refractivity contribution in [2.24, 2.45) is 0 Å². The topological polar surface area (TPSA) is 74.0 Å². The lowest BCUT2D eigenvalue weighted by molar-refractivity contribution is -0.154. The Labute approximate surface area is 173 Å². The van der Waals surface area contributed by atoms with Crippen LogP contribution >= 0.6 is 0 Å². The van der Waals surface area contributed by atoms with Crippen molar-refractivity contribution >= 4 is 17.4 Å². The van der Waals surface area contributed by atoms with E-state index < -0.39 is 11.4 Å². The van der Waals surface area contributed by atoms with E-state index in [1.54, 1.807) is 6.07 Å². The molecule has 3 aromatic rings. The lowest BCUT2D eigenvalue weighted by Gasteiger charge is -2.41. The molecule has 0 bridgehead atoms. The zero-order valence-corrected chi connectivity index (χ0v) is 16.6. The molecule has 2 saturated heterocycles. The van der Waals surface area contributed by atoms with E-state index in [-0.39, 0.29) is 17.6 Å². The highest BCUT2D eigenvalue weighted by Gasteiger charge is 2.45. The monoisotopic (exact) mass is 409 g/mol. The van der Waals surface area contributed by atoms with Crippen LogP contribution in [-0.4, -0.2) is 55.7 Å². The van der Waals surface area contributed by atoms with Crippen molar-refractivity contribution in [3.63, 3.8) is 0 Å². The van der Waals surface area contributed by atoms with Crippen LogP contribution in [0.1, 0.15) is 37.3 Å². The number of anilines is 1. The molecule has 2 aliphatic rings. The Morgan fingerprint density at radius 2 is 1.87 bits per heavy atom. The first-order valence-electron chi connectivity index (χ1n) is 10.4. The summed E-state index contributed by atoms with van der Waals surface area (Å²) < 4.78 is 15.4. The van der Waals surface area contributed by atoms with Gasteiger partial charge in [-0.15, -0.1) is 0 Å². The zero-order valence-electron chi connectivity index (χ0n) is 16.6. The first-order valence-corrected chi connectivity index (χ1v) is 10.4. The number of carbonyl (C=O) groups is 1. The average Bonchev–Trinajstić information content (AvgIpc) is 3.45. The smallest absolute Gasteiger partial charge is 0.255 e. The van der Waals surface area contributed by atoms with Gasteiger partial charge in [0.1, 0.15) is 17.7 Å². The molecule has 2 aliphatic heterocycles. The molecule has 1 aromatic carbocycles. The third-order valence-corrected chi connectivity index (χ3v) is 6.37. The van der Waals surface area contributed by atoms with Crippen LogP contribution in [0.4, 0.5) is 10.2 Å². The summed E-state index contributed by atoms with van der Waals surface area (Å²) in [4.78, 5) is 21.2. The molecule has 4 heterocycles. The number of aromatic nitrogens is 3. The second kappa shape index (κ2) is 7.36. The molecule has 0 aliphatic carbocycles. The van der Waals surface area contributed by atoms with Gasteiger partial charge in [0.25, 0.3) is 5.91 Å². The van der Waals surface area contributed by atoms with Crippen LogP contribution in [-0.2, 0) is 4.79 Å². The minimum atomic E-state index is -1.38. The molecule has 1 amide bonds. The molecule has 2 aromatic heterocycles. The van der Waals surface area contributed by atoms with Crippen molar-refractivity contribution in [2.75, 3.05) is 24.5 Å². The number of benzene rings is 1. The van der Waals surface area contributed by atoms with E-state index in [9.17, 15) is 14.3 Å². The van der Waals surface area contributed by atoms with E-state index in [4.69, 9.17) is 0 Å². The first-order chi connectivity index (χ1) is 14.6. The highest BCUT2D eigenvalue weighted by Crippen LogP contribution is 2.36. The van der Waals surface area contributed by atoms with Gasteiger partial charge in [-0.1, -0.05) is 30.3 Å². The summed E-state index contributed by atoms with van der Waals surface area (Å²) >= 11 is 0. The number of hydrogen-bond acceptors (Lipinski definition) is 5. The zero-order chi connectivity index (χ0) is 20.7. The Morgan fingerprint density at radius 1 is 1.10 bits per heavy atom. The fourth-order valence-electron chi connectivity index (χ4n) is 4.72. The van der Waals surface area contributed by atoms with Crippen molar-refractivity contribution < 1.29 is 14.3 Å². The largest absolute Gasteiger partial charge is 0.380 e. The van der Waals surface area contributed by atoms with E-state index in [1.807, 2.05) is 40.1 Å². The molecule has 0 spiro atoms. The highest BCUT2D eigenvalue weighted by atomic mass is 19.1. The van der Waals surface area contributed by atoms with Crippen LogP contribution in [0.5, 0.6) is 0 Å². The van der Waals surface area contributed by atoms with Crippen LogP contribution in [0.3, 0.4) is 0 Å². The number of nitrogens with zero attached hydrogens (tertiary/aromatic N) is 5. The van der Waals surface area contributed by atoms with Gasteiger partial charge in [0.05, 0.1) is 6.04 Å². The van der Waals surface area contributed by atoms with Gasteiger partial charge in [0, 0.05) is 32.5 Å². The van der Waals surface area contributed by atoms with Crippen LogP contribution in [0.25, 0.3) is 5.65 Å². The quantitative estimate of drug-likeness (QED) is 0.720. The number of halogens is 1. The number of rotatable bonds is 3. The number of likely N-dealkylation sites (tertiary alicyclic amines) is 1. The summed E-state index contributed by atoms with van der Waals surface area (Å²) in [6.45, 7) is 1.63. The van der Waals surface area contributed by atoms with Crippen molar-refractivity contribution in [3.05, 3.63) is 60.2 Å². The highest BCUT2D eigenvalue weighted by molar-refractivity contribution is 5.86. The summed E-state index contributed by atoms with van der Waals surface area (Å²) in [5.74, 6) is 0.0983. The van der Waals surface area contributed by atoms with Crippen LogP contribution in [0.15, 0.2) is 48.8 Å². The number of hydrogen-bond donors (Lipinski definition) is 1. The van der Waals surface area contributed by atoms with Crippen molar-refractivity contribution in [1.29, 1.82) is 0 Å². The maximum absolute atomic E-state index is 13.9. The predicted octanol–water partition coefficient (Wildman–Crippen LogP) is 2.56. The van der Waals surface area contributed by atoms with Crippen LogP contribution in [0.2, 0.25) is 0 Å². The predicted molar refractivity (Wildman–Crippen MR) is 109 cm³/mol. The van der Waals surface area contributed by atoms with Gasteiger partial charge in [0.2, 0.25) is 0 Å². The molecule has 156 valence electrons. The van der Waals surface area contributed by atoms with E-state index in [0.717, 1.165) is 18.4 Å². The number of carbonyl (C=O) groups excluding carboxylic acids is 1. The lowest BCUT2D eigenvalue weighted by Crippen LogP contribution is -2.55. The number of pyridine rings is 1. The minimum absolute atomic E-state index is 0.0210. The Morgan fingerprint density at radius 3 is 2.63 bits per heavy atom. The summed E-state index contributed by atoms with van der Waals surface area (Å²) in [7, 11) is 0. The third-order valence-electron chi connectivity index (χ3n) is 6.37. The Bertz CT molecular complexity index is 1060. The Balaban J connectivity index is 1.33. The van der Waals surface area contributed by atoms with E-state index in [0.29, 0.717) is 38.3 Å². The van der Waals surface area contributed by atoms with Crippen LogP contribution in [0, 0.1) is 5.82 Å². The summed E-state index contributed by atoms with van der Waals surface area (Å²) in [6.07, 6.45) is 3.81. The normalized spacial score (nSPS) is 21.3. The van der Waals surface area contributed by atoms with Gasteiger partial charge in [-0.25, -0.2) is 9.37 Å². The number of piperidine rings is 1. The van der Waals surface area contributed by atoms with Gasteiger partial charge in [-0.05, 0) is 30.5 Å². The van der Waals surface area contributed by atoms with Crippen molar-refractivity contribution in [2.45, 2.75) is 37.3 Å². The van der Waals surface area contributed by atoms with Gasteiger partial charge in [0.15, 0.2) is 11.5 Å². The molecule has 30 heavy (non-hydrogen) atoms. The van der Waals surface area contributed by atoms with Gasteiger partial charge in [-0.3, -0.25) is 4.79 Å². The Hall–Kier alpha value is -3.00. The molecule has 8 heteroatoms. The van der Waals surface area contributed by atoms with E-state index in [1.165, 1.54) is 16.9 Å². The number of fused-ring (bicyclic) bond motifs is 1. The first kappa shape index (κ1) is 19.0. The fourth-order valence-corrected chi connectivity index (χ4v) is 4.72. The van der Waals surface area contributed by atoms with E-state index >= 15 is 0 Å². The average molecular weight is 409 g/mol. The fraction of sp³-hybridized carbons (Fsp3) is 0.409. The summed E-state index contributed by atoms with van der Waals surface area (Å²) in [5.41, 5.74) is -0.0912. The summed E-state index contributed by atoms with van der Waals surface area (Å²) in [5, 5.41) is 15.4. The van der Waals surface area contributed by atoms with Gasteiger partial charge in [-0.2, -0.15) is 9.61 Å². The second-order valence-corrected chi connectivity index (χ2v) is 8.12. The third kappa shape index (κ3) is 3.11. The SMILES string of the molecule is O=C(N1CCCC1c1ccccc1)C1(O)CCN(c2ccc(F)c3ncnn23)CC1. The molecule has 5 rings (SSSR count). The lowest BCUT2D eigenvalue weighted by atomic mass is 9.89. The van der Waals surface area contributed by atoms with Gasteiger partial charge < -0.3 is 14.9 Å². The molecular weight excluding hydrogens is 385 g/mol. The molecule has 7 nitrogen and oxygen atoms in total. The number of amides is 1. The maximum atomic E-state index is 13.9. The second-order valence-electron chi connectivity index (χ2n) is 8.12. The molecule has 1 N–H and O–H groups in total. The van der Waals surface area contributed by atoms with E-state index in [2.05, 4.69) is 10.1 Å². The molecule has 0 saturated carbocycles. The molecule has 2 fully saturated rings. The maximum Gasteiger partial charge on any atom is 0.255 e. The standard InChI is InChI=1S/C22H24FN5O2/c23-17-8-9-19(28-20(17)24-15-25-28)26-13-10-22(30,11-14-26)21(29)27-12-4-7-18(27)16-5-2-1-3-6-16/h1-3,5-6,8-9,15,18,30H,4,7,10-14H2. The molecule has 1 atom stereocenters. The summed E-state index contributed by atoms with van der Waals surface area (Å²) in [6, 6.07) is 13.1. The van der Waals surface area contributed by atoms with Crippen molar-refractivity contribution in [1.82, 2.24) is 19.5 Å². The van der Waals surface area contributed by atoms with Gasteiger partial charge >= 0.3 is 0 Å². The molecular formula is C22H24FN5O2. The number of aliphatic hydroxyl groups is 1. The van der Waals surface area contributed by atoms with Crippen molar-refractivity contribution in [3.8, 4) is 0 Å². The molecule has 0 radical (unpaired) electrons.